The lowest BCUT2D eigenvalue weighted by Gasteiger charge is -2.18. The molecule has 0 unspecified atom stereocenters. The summed E-state index contributed by atoms with van der Waals surface area (Å²) in [7, 11) is 1.84. The Labute approximate surface area is 123 Å². The molecule has 0 heterocycles. The molecule has 1 amide bonds. The summed E-state index contributed by atoms with van der Waals surface area (Å²) in [5.74, 6) is 0.0966. The highest BCUT2D eigenvalue weighted by Gasteiger charge is 2.06. The van der Waals surface area contributed by atoms with E-state index in [9.17, 15) is 4.79 Å². The Morgan fingerprint density at radius 1 is 1.15 bits per heavy atom. The fourth-order valence-electron chi connectivity index (χ4n) is 2.15. The predicted octanol–water partition coefficient (Wildman–Crippen LogP) is 4.05. The van der Waals surface area contributed by atoms with E-state index in [1.165, 1.54) is 37.7 Å². The molecule has 0 saturated carbocycles. The number of nitrogens with zero attached hydrogens (tertiary/aromatic N) is 1. The standard InChI is InChI=1S/C17H28N2O/c1-4-5-6-7-10-13-18-17-12-9-8-11-16(17)14-19(3)15(2)20/h8-9,11-12,18H,4-7,10,13-14H2,1-3H3. The quantitative estimate of drug-likeness (QED) is 0.690. The number of benzene rings is 1. The van der Waals surface area contributed by atoms with Crippen molar-refractivity contribution in [2.45, 2.75) is 52.5 Å². The maximum absolute atomic E-state index is 11.3. The van der Waals surface area contributed by atoms with Crippen LogP contribution in [0.1, 0.15) is 51.5 Å². The maximum atomic E-state index is 11.3. The number of carbonyl (C=O) groups excluding carboxylic acids is 1. The molecule has 112 valence electrons. The number of nitrogens with one attached hydrogen (secondary N) is 1. The Hall–Kier alpha value is -1.51. The first-order valence-electron chi connectivity index (χ1n) is 7.68. The van der Waals surface area contributed by atoms with Gasteiger partial charge in [0.2, 0.25) is 5.91 Å². The van der Waals surface area contributed by atoms with Gasteiger partial charge in [0.25, 0.3) is 0 Å². The second kappa shape index (κ2) is 9.40. The summed E-state index contributed by atoms with van der Waals surface area (Å²) in [6, 6.07) is 8.24. The Balaban J connectivity index is 2.43. The molecule has 1 rings (SSSR count). The third-order valence-electron chi connectivity index (χ3n) is 3.56. The highest BCUT2D eigenvalue weighted by Crippen LogP contribution is 2.17. The van der Waals surface area contributed by atoms with E-state index in [0.717, 1.165) is 12.2 Å². The van der Waals surface area contributed by atoms with Crippen molar-refractivity contribution in [3.05, 3.63) is 29.8 Å². The Morgan fingerprint density at radius 3 is 2.55 bits per heavy atom. The van der Waals surface area contributed by atoms with Gasteiger partial charge in [0.05, 0.1) is 0 Å². The minimum Gasteiger partial charge on any atom is -0.385 e. The monoisotopic (exact) mass is 276 g/mol. The van der Waals surface area contributed by atoms with Crippen LogP contribution >= 0.6 is 0 Å². The van der Waals surface area contributed by atoms with E-state index in [-0.39, 0.29) is 5.91 Å². The van der Waals surface area contributed by atoms with Crippen LogP contribution in [0.15, 0.2) is 24.3 Å². The number of rotatable bonds is 9. The molecule has 0 atom stereocenters. The predicted molar refractivity (Wildman–Crippen MR) is 85.8 cm³/mol. The van der Waals surface area contributed by atoms with Gasteiger partial charge in [0.1, 0.15) is 0 Å². The molecule has 1 N–H and O–H groups in total. The highest BCUT2D eigenvalue weighted by atomic mass is 16.2. The van der Waals surface area contributed by atoms with E-state index in [4.69, 9.17) is 0 Å². The van der Waals surface area contributed by atoms with Gasteiger partial charge in [-0.15, -0.1) is 0 Å². The molecule has 0 radical (unpaired) electrons. The van der Waals surface area contributed by atoms with Crippen LogP contribution in [0.2, 0.25) is 0 Å². The van der Waals surface area contributed by atoms with Crippen molar-refractivity contribution >= 4 is 11.6 Å². The first-order chi connectivity index (χ1) is 9.65. The van der Waals surface area contributed by atoms with Crippen molar-refractivity contribution in [2.75, 3.05) is 18.9 Å². The van der Waals surface area contributed by atoms with Crippen LogP contribution in [0.3, 0.4) is 0 Å². The van der Waals surface area contributed by atoms with Crippen molar-refractivity contribution < 1.29 is 4.79 Å². The first kappa shape index (κ1) is 16.5. The van der Waals surface area contributed by atoms with Crippen LogP contribution < -0.4 is 5.32 Å². The zero-order chi connectivity index (χ0) is 14.8. The summed E-state index contributed by atoms with van der Waals surface area (Å²) < 4.78 is 0. The number of hydrogen-bond acceptors (Lipinski definition) is 2. The summed E-state index contributed by atoms with van der Waals surface area (Å²) in [6.07, 6.45) is 6.44. The van der Waals surface area contributed by atoms with Crippen LogP contribution in [-0.4, -0.2) is 24.4 Å². The Kier molecular flexibility index (Phi) is 7.78. The van der Waals surface area contributed by atoms with E-state index in [0.29, 0.717) is 6.54 Å². The first-order valence-corrected chi connectivity index (χ1v) is 7.68. The van der Waals surface area contributed by atoms with Crippen molar-refractivity contribution in [1.82, 2.24) is 4.90 Å². The molecule has 20 heavy (non-hydrogen) atoms. The smallest absolute Gasteiger partial charge is 0.219 e. The van der Waals surface area contributed by atoms with Crippen molar-refractivity contribution in [1.29, 1.82) is 0 Å². The zero-order valence-electron chi connectivity index (χ0n) is 13.1. The number of para-hydroxylation sites is 1. The average molecular weight is 276 g/mol. The lowest BCUT2D eigenvalue weighted by molar-refractivity contribution is -0.128. The minimum absolute atomic E-state index is 0.0966. The van der Waals surface area contributed by atoms with E-state index >= 15 is 0 Å². The van der Waals surface area contributed by atoms with E-state index in [1.54, 1.807) is 11.8 Å². The van der Waals surface area contributed by atoms with Gasteiger partial charge in [-0.2, -0.15) is 0 Å². The molecular formula is C17H28N2O. The van der Waals surface area contributed by atoms with Crippen molar-refractivity contribution in [3.8, 4) is 0 Å². The summed E-state index contributed by atoms with van der Waals surface area (Å²) in [5, 5.41) is 3.50. The van der Waals surface area contributed by atoms with Crippen molar-refractivity contribution in [2.24, 2.45) is 0 Å². The summed E-state index contributed by atoms with van der Waals surface area (Å²) in [6.45, 7) is 5.50. The molecule has 0 spiro atoms. The molecule has 0 aromatic heterocycles. The summed E-state index contributed by atoms with van der Waals surface area (Å²) >= 11 is 0. The van der Waals surface area contributed by atoms with E-state index in [1.807, 2.05) is 19.2 Å². The average Bonchev–Trinajstić information content (AvgIpc) is 2.44. The third-order valence-corrected chi connectivity index (χ3v) is 3.56. The molecule has 3 heteroatoms. The normalized spacial score (nSPS) is 10.3. The van der Waals surface area contributed by atoms with Crippen LogP contribution in [0.25, 0.3) is 0 Å². The fourth-order valence-corrected chi connectivity index (χ4v) is 2.15. The lowest BCUT2D eigenvalue weighted by Crippen LogP contribution is -2.23. The van der Waals surface area contributed by atoms with Gasteiger partial charge in [0, 0.05) is 32.7 Å². The molecule has 1 aromatic carbocycles. The molecule has 1 aromatic rings. The molecule has 0 bridgehead atoms. The van der Waals surface area contributed by atoms with Crippen LogP contribution in [-0.2, 0) is 11.3 Å². The molecule has 3 nitrogen and oxygen atoms in total. The number of unbranched alkanes of at least 4 members (excludes halogenated alkanes) is 4. The SMILES string of the molecule is CCCCCCCNc1ccccc1CN(C)C(C)=O. The summed E-state index contributed by atoms with van der Waals surface area (Å²) in [5.41, 5.74) is 2.33. The zero-order valence-corrected chi connectivity index (χ0v) is 13.1. The van der Waals surface area contributed by atoms with Gasteiger partial charge in [-0.25, -0.2) is 0 Å². The van der Waals surface area contributed by atoms with Gasteiger partial charge >= 0.3 is 0 Å². The van der Waals surface area contributed by atoms with Gasteiger partial charge in [0.15, 0.2) is 0 Å². The van der Waals surface area contributed by atoms with Crippen LogP contribution in [0.5, 0.6) is 0 Å². The fraction of sp³-hybridized carbons (Fsp3) is 0.588. The topological polar surface area (TPSA) is 32.3 Å². The minimum atomic E-state index is 0.0966. The number of carbonyl (C=O) groups is 1. The summed E-state index contributed by atoms with van der Waals surface area (Å²) in [4.78, 5) is 13.1. The maximum Gasteiger partial charge on any atom is 0.219 e. The van der Waals surface area contributed by atoms with E-state index in [2.05, 4.69) is 24.4 Å². The third kappa shape index (κ3) is 6.09. The lowest BCUT2D eigenvalue weighted by atomic mass is 10.1. The number of amides is 1. The molecule has 0 fully saturated rings. The Morgan fingerprint density at radius 2 is 1.85 bits per heavy atom. The second-order valence-corrected chi connectivity index (χ2v) is 5.37. The van der Waals surface area contributed by atoms with E-state index < -0.39 is 0 Å². The Bertz CT molecular complexity index is 404. The van der Waals surface area contributed by atoms with Gasteiger partial charge < -0.3 is 10.2 Å². The molecule has 0 aliphatic carbocycles. The van der Waals surface area contributed by atoms with Crippen LogP contribution in [0.4, 0.5) is 5.69 Å². The van der Waals surface area contributed by atoms with Crippen molar-refractivity contribution in [3.63, 3.8) is 0 Å². The van der Waals surface area contributed by atoms with Gasteiger partial charge in [-0.05, 0) is 18.1 Å². The molecule has 0 saturated heterocycles. The number of hydrogen-bond donors (Lipinski definition) is 1. The van der Waals surface area contributed by atoms with Gasteiger partial charge in [-0.1, -0.05) is 50.8 Å². The number of anilines is 1. The van der Waals surface area contributed by atoms with Crippen LogP contribution in [0, 0.1) is 0 Å². The highest BCUT2D eigenvalue weighted by molar-refractivity contribution is 5.73. The molecule has 0 aliphatic rings. The second-order valence-electron chi connectivity index (χ2n) is 5.37. The van der Waals surface area contributed by atoms with Gasteiger partial charge in [-0.3, -0.25) is 4.79 Å². The molecule has 0 aliphatic heterocycles. The molecular weight excluding hydrogens is 248 g/mol. The largest absolute Gasteiger partial charge is 0.385 e.